The van der Waals surface area contributed by atoms with Crippen LogP contribution in [-0.4, -0.2) is 53.8 Å². The molecule has 1 N–H and O–H groups in total. The highest BCUT2D eigenvalue weighted by Crippen LogP contribution is 2.25. The van der Waals surface area contributed by atoms with Gasteiger partial charge < -0.3 is 19.0 Å². The van der Waals surface area contributed by atoms with E-state index in [4.69, 9.17) is 13.7 Å². The summed E-state index contributed by atoms with van der Waals surface area (Å²) in [6.07, 6.45) is 0. The Hall–Kier alpha value is -2.71. The van der Waals surface area contributed by atoms with Crippen molar-refractivity contribution in [3.05, 3.63) is 46.7 Å². The summed E-state index contributed by atoms with van der Waals surface area (Å²) in [5.74, 6) is 1.52. The van der Waals surface area contributed by atoms with Crippen molar-refractivity contribution < 1.29 is 18.5 Å². The van der Waals surface area contributed by atoms with Crippen molar-refractivity contribution in [2.45, 2.75) is 26.8 Å². The van der Waals surface area contributed by atoms with Gasteiger partial charge in [0.2, 0.25) is 0 Å². The van der Waals surface area contributed by atoms with Crippen LogP contribution in [0.4, 0.5) is 0 Å². The summed E-state index contributed by atoms with van der Waals surface area (Å²) in [7, 11) is 0. The Balaban J connectivity index is 1.57. The molecule has 148 valence electrons. The molecule has 1 aliphatic rings. The maximum absolute atomic E-state index is 13.0. The van der Waals surface area contributed by atoms with Crippen molar-refractivity contribution in [1.29, 1.82) is 0 Å². The molecule has 1 aliphatic heterocycles. The van der Waals surface area contributed by atoms with Crippen molar-refractivity contribution in [3.8, 4) is 0 Å². The first-order chi connectivity index (χ1) is 13.5. The van der Waals surface area contributed by atoms with E-state index in [1.165, 1.54) is 0 Å². The van der Waals surface area contributed by atoms with E-state index in [-0.39, 0.29) is 11.9 Å². The second kappa shape index (κ2) is 7.73. The number of fused-ring (bicyclic) bond motifs is 1. The number of furan rings is 1. The molecule has 3 aromatic heterocycles. The molecule has 3 aromatic rings. The predicted molar refractivity (Wildman–Crippen MR) is 102 cm³/mol. The third-order valence-corrected chi connectivity index (χ3v) is 5.02. The van der Waals surface area contributed by atoms with Crippen LogP contribution in [-0.2, 0) is 4.74 Å². The van der Waals surface area contributed by atoms with Crippen LogP contribution >= 0.6 is 0 Å². The number of nitrogens with zero attached hydrogens (tertiary/aromatic N) is 3. The molecule has 1 saturated heterocycles. The third kappa shape index (κ3) is 3.65. The lowest BCUT2D eigenvalue weighted by atomic mass is 10.1. The molecular weight excluding hydrogens is 360 g/mol. The lowest BCUT2D eigenvalue weighted by molar-refractivity contribution is 0.0117. The standard InChI is InChI=1S/C20H24N4O4/c1-12-10-15(18-14(3)23-28-20(18)22-12)19(25)21-11-16(17-5-4-13(2)27-17)24-6-8-26-9-7-24/h4-5,10,16H,6-9,11H2,1-3H3,(H,21,25). The zero-order chi connectivity index (χ0) is 19.7. The van der Waals surface area contributed by atoms with Crippen LogP contribution in [0, 0.1) is 20.8 Å². The first-order valence-electron chi connectivity index (χ1n) is 9.43. The minimum absolute atomic E-state index is 0.0523. The lowest BCUT2D eigenvalue weighted by Crippen LogP contribution is -2.43. The second-order valence-corrected chi connectivity index (χ2v) is 7.08. The molecule has 28 heavy (non-hydrogen) atoms. The molecule has 1 atom stereocenters. The SMILES string of the molecule is Cc1cc(C(=O)NCC(c2ccc(C)o2)N2CCOCC2)c2c(C)noc2n1. The molecule has 0 aliphatic carbocycles. The monoisotopic (exact) mass is 384 g/mol. The van der Waals surface area contributed by atoms with E-state index in [0.29, 0.717) is 47.8 Å². The first kappa shape index (κ1) is 18.6. The fourth-order valence-corrected chi connectivity index (χ4v) is 3.61. The normalized spacial score (nSPS) is 16.4. The summed E-state index contributed by atoms with van der Waals surface area (Å²) >= 11 is 0. The highest BCUT2D eigenvalue weighted by atomic mass is 16.5. The van der Waals surface area contributed by atoms with E-state index >= 15 is 0 Å². The Morgan fingerprint density at radius 1 is 1.25 bits per heavy atom. The van der Waals surface area contributed by atoms with Gasteiger partial charge in [-0.25, -0.2) is 4.98 Å². The van der Waals surface area contributed by atoms with Gasteiger partial charge in [-0.05, 0) is 39.0 Å². The van der Waals surface area contributed by atoms with E-state index in [9.17, 15) is 4.79 Å². The highest BCUT2D eigenvalue weighted by molar-refractivity contribution is 6.06. The number of hydrogen-bond acceptors (Lipinski definition) is 7. The average molecular weight is 384 g/mol. The van der Waals surface area contributed by atoms with Crippen molar-refractivity contribution in [3.63, 3.8) is 0 Å². The number of hydrogen-bond donors (Lipinski definition) is 1. The molecule has 8 nitrogen and oxygen atoms in total. The van der Waals surface area contributed by atoms with Gasteiger partial charge >= 0.3 is 0 Å². The Morgan fingerprint density at radius 3 is 2.75 bits per heavy atom. The van der Waals surface area contributed by atoms with Crippen molar-refractivity contribution in [2.24, 2.45) is 0 Å². The van der Waals surface area contributed by atoms with Crippen LogP contribution in [0.15, 0.2) is 27.1 Å². The molecule has 4 heterocycles. The summed E-state index contributed by atoms with van der Waals surface area (Å²) in [5, 5.41) is 7.66. The van der Waals surface area contributed by atoms with Gasteiger partial charge in [0, 0.05) is 25.3 Å². The summed E-state index contributed by atoms with van der Waals surface area (Å²) in [4.78, 5) is 19.6. The minimum Gasteiger partial charge on any atom is -0.465 e. The quantitative estimate of drug-likeness (QED) is 0.722. The number of pyridine rings is 1. The number of amides is 1. The number of morpholine rings is 1. The highest BCUT2D eigenvalue weighted by Gasteiger charge is 2.26. The van der Waals surface area contributed by atoms with E-state index in [1.54, 1.807) is 6.07 Å². The summed E-state index contributed by atoms with van der Waals surface area (Å²) in [6, 6.07) is 5.63. The number of aryl methyl sites for hydroxylation is 3. The van der Waals surface area contributed by atoms with Crippen LogP contribution in [0.2, 0.25) is 0 Å². The molecule has 0 spiro atoms. The fraction of sp³-hybridized carbons (Fsp3) is 0.450. The Bertz CT molecular complexity index is 987. The van der Waals surface area contributed by atoms with Gasteiger partial charge in [-0.2, -0.15) is 0 Å². The van der Waals surface area contributed by atoms with Crippen LogP contribution in [0.3, 0.4) is 0 Å². The summed E-state index contributed by atoms with van der Waals surface area (Å²) < 4.78 is 16.6. The summed E-state index contributed by atoms with van der Waals surface area (Å²) in [6.45, 7) is 8.93. The molecule has 0 bridgehead atoms. The molecule has 0 aromatic carbocycles. The molecule has 8 heteroatoms. The van der Waals surface area contributed by atoms with Gasteiger partial charge in [-0.1, -0.05) is 5.16 Å². The smallest absolute Gasteiger partial charge is 0.258 e. The molecule has 1 fully saturated rings. The van der Waals surface area contributed by atoms with E-state index < -0.39 is 0 Å². The van der Waals surface area contributed by atoms with Gasteiger partial charge in [-0.3, -0.25) is 9.69 Å². The Morgan fingerprint density at radius 2 is 2.04 bits per heavy atom. The molecule has 0 radical (unpaired) electrons. The van der Waals surface area contributed by atoms with Crippen LogP contribution < -0.4 is 5.32 Å². The van der Waals surface area contributed by atoms with Gasteiger partial charge in [-0.15, -0.1) is 0 Å². The topological polar surface area (TPSA) is 93.6 Å². The summed E-state index contributed by atoms with van der Waals surface area (Å²) in [5.41, 5.74) is 2.27. The van der Waals surface area contributed by atoms with E-state index in [0.717, 1.165) is 24.6 Å². The maximum Gasteiger partial charge on any atom is 0.258 e. The maximum atomic E-state index is 13.0. The number of ether oxygens (including phenoxy) is 1. The zero-order valence-corrected chi connectivity index (χ0v) is 16.3. The van der Waals surface area contributed by atoms with Gasteiger partial charge in [0.1, 0.15) is 11.5 Å². The van der Waals surface area contributed by atoms with E-state index in [2.05, 4.69) is 20.4 Å². The first-order valence-corrected chi connectivity index (χ1v) is 9.43. The number of nitrogens with one attached hydrogen (secondary N) is 1. The minimum atomic E-state index is -0.177. The number of aromatic nitrogens is 2. The van der Waals surface area contributed by atoms with Crippen LogP contribution in [0.5, 0.6) is 0 Å². The molecule has 0 saturated carbocycles. The second-order valence-electron chi connectivity index (χ2n) is 7.08. The van der Waals surface area contributed by atoms with Crippen molar-refractivity contribution in [1.82, 2.24) is 20.4 Å². The number of carbonyl (C=O) groups excluding carboxylic acids is 1. The predicted octanol–water partition coefficient (Wildman–Crippen LogP) is 2.54. The Labute approximate surface area is 162 Å². The van der Waals surface area contributed by atoms with Crippen LogP contribution in [0.1, 0.15) is 39.3 Å². The van der Waals surface area contributed by atoms with Gasteiger partial charge in [0.25, 0.3) is 11.6 Å². The lowest BCUT2D eigenvalue weighted by Gasteiger charge is -2.33. The molecule has 4 rings (SSSR count). The van der Waals surface area contributed by atoms with Crippen molar-refractivity contribution >= 4 is 17.0 Å². The third-order valence-electron chi connectivity index (χ3n) is 5.02. The number of carbonyl (C=O) groups is 1. The number of rotatable bonds is 5. The Kier molecular flexibility index (Phi) is 5.15. The van der Waals surface area contributed by atoms with E-state index in [1.807, 2.05) is 32.9 Å². The average Bonchev–Trinajstić information content (AvgIpc) is 3.28. The van der Waals surface area contributed by atoms with Crippen molar-refractivity contribution in [2.75, 3.05) is 32.8 Å². The zero-order valence-electron chi connectivity index (χ0n) is 16.3. The molecular formula is C20H24N4O4. The van der Waals surface area contributed by atoms with Gasteiger partial charge in [0.15, 0.2) is 0 Å². The van der Waals surface area contributed by atoms with Gasteiger partial charge in [0.05, 0.1) is 35.9 Å². The largest absolute Gasteiger partial charge is 0.465 e. The molecule has 1 unspecified atom stereocenters. The molecule has 1 amide bonds. The fourth-order valence-electron chi connectivity index (χ4n) is 3.61. The van der Waals surface area contributed by atoms with Crippen LogP contribution in [0.25, 0.3) is 11.1 Å².